The molecule has 0 saturated carbocycles. The number of ether oxygens (including phenoxy) is 1. The van der Waals surface area contributed by atoms with Gasteiger partial charge in [-0.3, -0.25) is 9.69 Å². The number of carbonyl (C=O) groups is 1. The van der Waals surface area contributed by atoms with E-state index in [0.717, 1.165) is 43.7 Å². The molecule has 0 aliphatic carbocycles. The largest absolute Gasteiger partial charge is 0.496 e. The molecule has 0 radical (unpaired) electrons. The Labute approximate surface area is 125 Å². The lowest BCUT2D eigenvalue weighted by atomic mass is 10.1. The maximum atomic E-state index is 11.9. The van der Waals surface area contributed by atoms with Crippen molar-refractivity contribution in [3.8, 4) is 5.75 Å². The first-order valence-corrected chi connectivity index (χ1v) is 7.48. The molecule has 1 saturated heterocycles. The van der Waals surface area contributed by atoms with Gasteiger partial charge in [-0.05, 0) is 30.9 Å². The monoisotopic (exact) mass is 292 g/mol. The van der Waals surface area contributed by atoms with Crippen LogP contribution in [-0.4, -0.2) is 55.3 Å². The van der Waals surface area contributed by atoms with Crippen LogP contribution in [0.3, 0.4) is 0 Å². The van der Waals surface area contributed by atoms with Crippen LogP contribution in [0.25, 0.3) is 0 Å². The Balaban J connectivity index is 1.69. The summed E-state index contributed by atoms with van der Waals surface area (Å²) in [6.45, 7) is 2.61. The van der Waals surface area contributed by atoms with Gasteiger partial charge in [-0.15, -0.1) is 0 Å². The van der Waals surface area contributed by atoms with Gasteiger partial charge in [0.05, 0.1) is 19.8 Å². The molecule has 5 nitrogen and oxygen atoms in total. The van der Waals surface area contributed by atoms with E-state index < -0.39 is 0 Å². The standard InChI is InChI=1S/C16H24N2O3/c1-21-15-5-3-2-4-13(15)6-9-17-16(20)12-18-10-7-14(19)8-11-18/h2-5,14,19H,6-12H2,1H3,(H,17,20). The molecule has 5 heteroatoms. The number of carbonyl (C=O) groups excluding carboxylic acids is 1. The lowest BCUT2D eigenvalue weighted by Crippen LogP contribution is -2.42. The third-order valence-electron chi connectivity index (χ3n) is 3.83. The number of rotatable bonds is 6. The second-order valence-corrected chi connectivity index (χ2v) is 5.42. The zero-order chi connectivity index (χ0) is 15.1. The highest BCUT2D eigenvalue weighted by Gasteiger charge is 2.18. The molecule has 0 aromatic heterocycles. The van der Waals surface area contributed by atoms with E-state index in [1.807, 2.05) is 24.3 Å². The minimum atomic E-state index is -0.199. The first-order valence-electron chi connectivity index (χ1n) is 7.48. The number of nitrogens with one attached hydrogen (secondary N) is 1. The van der Waals surface area contributed by atoms with Crippen molar-refractivity contribution in [2.45, 2.75) is 25.4 Å². The Hall–Kier alpha value is -1.59. The molecule has 116 valence electrons. The lowest BCUT2D eigenvalue weighted by molar-refractivity contribution is -0.122. The molecule has 2 rings (SSSR count). The van der Waals surface area contributed by atoms with Crippen molar-refractivity contribution in [2.75, 3.05) is 33.3 Å². The van der Waals surface area contributed by atoms with Crippen LogP contribution in [-0.2, 0) is 11.2 Å². The first-order chi connectivity index (χ1) is 10.2. The summed E-state index contributed by atoms with van der Waals surface area (Å²) >= 11 is 0. The molecule has 2 N–H and O–H groups in total. The Morgan fingerprint density at radius 1 is 1.38 bits per heavy atom. The lowest BCUT2D eigenvalue weighted by Gasteiger charge is -2.28. The van der Waals surface area contributed by atoms with Crippen LogP contribution in [0.1, 0.15) is 18.4 Å². The molecule has 1 fully saturated rings. The summed E-state index contributed by atoms with van der Waals surface area (Å²) in [5.74, 6) is 0.901. The molecular formula is C16H24N2O3. The summed E-state index contributed by atoms with van der Waals surface area (Å²) in [7, 11) is 1.65. The van der Waals surface area contributed by atoms with E-state index >= 15 is 0 Å². The van der Waals surface area contributed by atoms with Gasteiger partial charge in [0.2, 0.25) is 5.91 Å². The maximum absolute atomic E-state index is 11.9. The molecule has 1 aliphatic rings. The Bertz CT molecular complexity index is 457. The third kappa shape index (κ3) is 5.02. The van der Waals surface area contributed by atoms with E-state index in [2.05, 4.69) is 10.2 Å². The zero-order valence-corrected chi connectivity index (χ0v) is 12.5. The molecule has 0 unspecified atom stereocenters. The molecular weight excluding hydrogens is 268 g/mol. The zero-order valence-electron chi connectivity index (χ0n) is 12.5. The van der Waals surface area contributed by atoms with Crippen LogP contribution in [0.15, 0.2) is 24.3 Å². The number of nitrogens with zero attached hydrogens (tertiary/aromatic N) is 1. The van der Waals surface area contributed by atoms with Gasteiger partial charge in [0.1, 0.15) is 5.75 Å². The number of para-hydroxylation sites is 1. The second kappa shape index (κ2) is 8.00. The van der Waals surface area contributed by atoms with Crippen molar-refractivity contribution in [1.29, 1.82) is 0 Å². The average molecular weight is 292 g/mol. The summed E-state index contributed by atoms with van der Waals surface area (Å²) in [6, 6.07) is 7.84. The fraction of sp³-hybridized carbons (Fsp3) is 0.562. The minimum Gasteiger partial charge on any atom is -0.496 e. The number of hydrogen-bond acceptors (Lipinski definition) is 4. The van der Waals surface area contributed by atoms with Gasteiger partial charge < -0.3 is 15.2 Å². The Morgan fingerprint density at radius 2 is 2.10 bits per heavy atom. The molecule has 21 heavy (non-hydrogen) atoms. The number of methoxy groups -OCH3 is 1. The Kier molecular flexibility index (Phi) is 6.02. The van der Waals surface area contributed by atoms with E-state index in [9.17, 15) is 9.90 Å². The van der Waals surface area contributed by atoms with Crippen molar-refractivity contribution >= 4 is 5.91 Å². The van der Waals surface area contributed by atoms with Gasteiger partial charge >= 0.3 is 0 Å². The topological polar surface area (TPSA) is 61.8 Å². The van der Waals surface area contributed by atoms with Crippen molar-refractivity contribution in [2.24, 2.45) is 0 Å². The third-order valence-corrected chi connectivity index (χ3v) is 3.83. The van der Waals surface area contributed by atoms with Crippen molar-refractivity contribution in [1.82, 2.24) is 10.2 Å². The number of likely N-dealkylation sites (tertiary alicyclic amines) is 1. The summed E-state index contributed by atoms with van der Waals surface area (Å²) in [6.07, 6.45) is 2.08. The average Bonchev–Trinajstić information content (AvgIpc) is 2.50. The van der Waals surface area contributed by atoms with E-state index in [4.69, 9.17) is 4.74 Å². The second-order valence-electron chi connectivity index (χ2n) is 5.42. The van der Waals surface area contributed by atoms with Crippen LogP contribution in [0.5, 0.6) is 5.75 Å². The van der Waals surface area contributed by atoms with Crippen molar-refractivity contribution < 1.29 is 14.6 Å². The van der Waals surface area contributed by atoms with Gasteiger partial charge in [0, 0.05) is 19.6 Å². The number of aliphatic hydroxyl groups excluding tert-OH is 1. The molecule has 1 aliphatic heterocycles. The van der Waals surface area contributed by atoms with Crippen LogP contribution in [0, 0.1) is 0 Å². The summed E-state index contributed by atoms with van der Waals surface area (Å²) in [5, 5.41) is 12.4. The maximum Gasteiger partial charge on any atom is 0.234 e. The SMILES string of the molecule is COc1ccccc1CCNC(=O)CN1CCC(O)CC1. The van der Waals surface area contributed by atoms with Gasteiger partial charge in [0.15, 0.2) is 0 Å². The van der Waals surface area contributed by atoms with E-state index in [-0.39, 0.29) is 12.0 Å². The fourth-order valence-corrected chi connectivity index (χ4v) is 2.58. The number of hydrogen-bond donors (Lipinski definition) is 2. The van der Waals surface area contributed by atoms with Crippen LogP contribution < -0.4 is 10.1 Å². The smallest absolute Gasteiger partial charge is 0.234 e. The highest BCUT2D eigenvalue weighted by atomic mass is 16.5. The van der Waals surface area contributed by atoms with Gasteiger partial charge in [-0.2, -0.15) is 0 Å². The molecule has 1 heterocycles. The molecule has 0 spiro atoms. The molecule has 0 bridgehead atoms. The van der Waals surface area contributed by atoms with Gasteiger partial charge in [-0.25, -0.2) is 0 Å². The fourth-order valence-electron chi connectivity index (χ4n) is 2.58. The van der Waals surface area contributed by atoms with Crippen LogP contribution >= 0.6 is 0 Å². The number of aliphatic hydroxyl groups is 1. The number of benzene rings is 1. The Morgan fingerprint density at radius 3 is 2.81 bits per heavy atom. The highest BCUT2D eigenvalue weighted by Crippen LogP contribution is 2.17. The summed E-state index contributed by atoms with van der Waals surface area (Å²) < 4.78 is 5.29. The van der Waals surface area contributed by atoms with Crippen LogP contribution in [0.2, 0.25) is 0 Å². The minimum absolute atomic E-state index is 0.0429. The predicted molar refractivity (Wildman–Crippen MR) is 81.4 cm³/mol. The molecule has 1 amide bonds. The molecule has 0 atom stereocenters. The van der Waals surface area contributed by atoms with Crippen molar-refractivity contribution in [3.63, 3.8) is 0 Å². The van der Waals surface area contributed by atoms with Gasteiger partial charge in [-0.1, -0.05) is 18.2 Å². The van der Waals surface area contributed by atoms with Crippen LogP contribution in [0.4, 0.5) is 0 Å². The van der Waals surface area contributed by atoms with Gasteiger partial charge in [0.25, 0.3) is 0 Å². The summed E-state index contributed by atoms with van der Waals surface area (Å²) in [5.41, 5.74) is 1.10. The quantitative estimate of drug-likeness (QED) is 0.814. The molecule has 1 aromatic rings. The van der Waals surface area contributed by atoms with E-state index in [1.54, 1.807) is 7.11 Å². The summed E-state index contributed by atoms with van der Waals surface area (Å²) in [4.78, 5) is 14.0. The van der Waals surface area contributed by atoms with E-state index in [1.165, 1.54) is 0 Å². The normalized spacial score (nSPS) is 16.7. The van der Waals surface area contributed by atoms with Crippen molar-refractivity contribution in [3.05, 3.63) is 29.8 Å². The predicted octanol–water partition coefficient (Wildman–Crippen LogP) is 0.811. The number of piperidine rings is 1. The first kappa shape index (κ1) is 15.8. The number of amides is 1. The van der Waals surface area contributed by atoms with E-state index in [0.29, 0.717) is 13.1 Å². The molecule has 1 aromatic carbocycles. The highest BCUT2D eigenvalue weighted by molar-refractivity contribution is 5.78.